The van der Waals surface area contributed by atoms with Gasteiger partial charge in [-0.1, -0.05) is 87.4 Å². The van der Waals surface area contributed by atoms with Crippen LogP contribution < -0.4 is 0 Å². The fourth-order valence-electron chi connectivity index (χ4n) is 6.08. The number of phenolic OH excluding ortho intramolecular Hbond substituents is 3. The second kappa shape index (κ2) is 10.8. The van der Waals surface area contributed by atoms with E-state index in [0.717, 1.165) is 39.8 Å². The molecule has 0 aliphatic carbocycles. The van der Waals surface area contributed by atoms with Gasteiger partial charge < -0.3 is 15.3 Å². The first-order chi connectivity index (χ1) is 18.1. The fraction of sp³-hybridized carbons (Fsp3) is 0.514. The smallest absolute Gasteiger partial charge is 0.119 e. The first-order valence-corrected chi connectivity index (χ1v) is 14.6. The lowest BCUT2D eigenvalue weighted by Gasteiger charge is -2.32. The molecule has 0 saturated heterocycles. The van der Waals surface area contributed by atoms with Crippen LogP contribution in [-0.4, -0.2) is 15.3 Å². The summed E-state index contributed by atoms with van der Waals surface area (Å²) < 4.78 is 0. The van der Waals surface area contributed by atoms with Gasteiger partial charge in [0, 0.05) is 0 Å². The molecule has 2 atom stereocenters. The van der Waals surface area contributed by atoms with Crippen LogP contribution in [0.5, 0.6) is 17.2 Å². The molecule has 3 N–H and O–H groups in total. The van der Waals surface area contributed by atoms with Crippen LogP contribution in [0.25, 0.3) is 0 Å². The summed E-state index contributed by atoms with van der Waals surface area (Å²) in [5.41, 5.74) is 9.17. The first kappa shape index (κ1) is 31.6. The van der Waals surface area contributed by atoms with E-state index in [1.807, 2.05) is 18.2 Å². The molecule has 3 heteroatoms. The molecule has 0 aromatic heterocycles. The molecule has 0 aliphatic heterocycles. The second-order valence-electron chi connectivity index (χ2n) is 15.1. The van der Waals surface area contributed by atoms with Crippen LogP contribution in [0.4, 0.5) is 0 Å². The maximum Gasteiger partial charge on any atom is 0.119 e. The van der Waals surface area contributed by atoms with Gasteiger partial charge in [-0.05, 0) is 124 Å². The summed E-state index contributed by atoms with van der Waals surface area (Å²) in [5, 5.41) is 32.6. The number of phenols is 3. The largest absolute Gasteiger partial charge is 0.508 e. The van der Waals surface area contributed by atoms with Gasteiger partial charge in [-0.2, -0.15) is 0 Å². The zero-order valence-electron chi connectivity index (χ0n) is 27.2. The van der Waals surface area contributed by atoms with Crippen molar-refractivity contribution in [1.82, 2.24) is 0 Å². The molecule has 0 saturated carbocycles. The van der Waals surface area contributed by atoms with Crippen molar-refractivity contribution >= 4 is 0 Å². The van der Waals surface area contributed by atoms with Gasteiger partial charge >= 0.3 is 0 Å². The fourth-order valence-corrected chi connectivity index (χ4v) is 6.08. The molecule has 0 fully saturated rings. The maximum absolute atomic E-state index is 10.9. The minimum Gasteiger partial charge on any atom is -0.508 e. The van der Waals surface area contributed by atoms with Crippen LogP contribution in [-0.2, 0) is 22.7 Å². The van der Waals surface area contributed by atoms with Gasteiger partial charge in [0.05, 0.1) is 0 Å². The Morgan fingerprint density at radius 2 is 0.875 bits per heavy atom. The highest BCUT2D eigenvalue weighted by atomic mass is 16.3. The van der Waals surface area contributed by atoms with Crippen molar-refractivity contribution in [2.45, 2.75) is 125 Å². The summed E-state index contributed by atoms with van der Waals surface area (Å²) >= 11 is 0. The van der Waals surface area contributed by atoms with Crippen LogP contribution in [0.1, 0.15) is 131 Å². The molecule has 0 unspecified atom stereocenters. The maximum atomic E-state index is 10.9. The van der Waals surface area contributed by atoms with E-state index < -0.39 is 0 Å². The molecule has 3 nitrogen and oxygen atoms in total. The van der Waals surface area contributed by atoms with Crippen LogP contribution in [0.15, 0.2) is 36.4 Å². The molecule has 0 bridgehead atoms. The highest BCUT2D eigenvalue weighted by Crippen LogP contribution is 2.45. The molecular formula is C37H52O3. The van der Waals surface area contributed by atoms with Crippen molar-refractivity contribution in [2.75, 3.05) is 0 Å². The molecule has 0 aliphatic rings. The van der Waals surface area contributed by atoms with Crippen molar-refractivity contribution < 1.29 is 15.3 Å². The molecule has 40 heavy (non-hydrogen) atoms. The number of aromatic hydroxyl groups is 3. The monoisotopic (exact) mass is 544 g/mol. The number of hydrogen-bond donors (Lipinski definition) is 3. The topological polar surface area (TPSA) is 60.7 Å². The van der Waals surface area contributed by atoms with E-state index in [2.05, 4.69) is 108 Å². The molecule has 0 heterocycles. The van der Waals surface area contributed by atoms with E-state index in [1.165, 1.54) is 16.7 Å². The Kier molecular flexibility index (Phi) is 8.53. The summed E-state index contributed by atoms with van der Waals surface area (Å²) in [6.07, 6.45) is 0.788. The third-order valence-corrected chi connectivity index (χ3v) is 8.58. The third-order valence-electron chi connectivity index (χ3n) is 8.58. The zero-order chi connectivity index (χ0) is 30.5. The van der Waals surface area contributed by atoms with Crippen LogP contribution in [0.2, 0.25) is 0 Å². The lowest BCUT2D eigenvalue weighted by molar-refractivity contribution is 0.441. The predicted molar refractivity (Wildman–Crippen MR) is 169 cm³/mol. The quantitative estimate of drug-likeness (QED) is 0.299. The SMILES string of the molecule is Cc1cc(O)c(C(C)(C)C)cc1C[C@@H](c1cc(C(C)(C)C)c(O)cc1C)[C@H](C)c1cc(C(C)(C)C)c(O)cc1C. The third kappa shape index (κ3) is 6.51. The van der Waals surface area contributed by atoms with Crippen LogP contribution in [0.3, 0.4) is 0 Å². The van der Waals surface area contributed by atoms with Crippen molar-refractivity contribution in [3.05, 3.63) is 86.5 Å². The van der Waals surface area contributed by atoms with E-state index >= 15 is 0 Å². The standard InChI is InChI=1S/C37H52O3/c1-21-14-32(38)29(35(5,6)7)18-25(21)17-28(27-20-31(37(11,12)13)34(40)16-23(27)3)24(4)26-19-30(36(8,9)10)33(39)15-22(26)2/h14-16,18-20,24,28,38-40H,17H2,1-13H3/t24-,28-/m1/s1. The van der Waals surface area contributed by atoms with E-state index in [-0.39, 0.29) is 28.1 Å². The van der Waals surface area contributed by atoms with E-state index in [9.17, 15) is 15.3 Å². The average Bonchev–Trinajstić information content (AvgIpc) is 2.76. The molecule has 0 amide bonds. The number of rotatable bonds is 5. The number of hydrogen-bond acceptors (Lipinski definition) is 3. The van der Waals surface area contributed by atoms with Gasteiger partial charge in [0.2, 0.25) is 0 Å². The molecule has 218 valence electrons. The predicted octanol–water partition coefficient (Wildman–Crippen LogP) is 9.75. The van der Waals surface area contributed by atoms with Gasteiger partial charge in [0.25, 0.3) is 0 Å². The van der Waals surface area contributed by atoms with Gasteiger partial charge in [0.15, 0.2) is 0 Å². The highest BCUT2D eigenvalue weighted by molar-refractivity contribution is 5.51. The van der Waals surface area contributed by atoms with Crippen molar-refractivity contribution in [3.63, 3.8) is 0 Å². The molecule has 0 spiro atoms. The lowest BCUT2D eigenvalue weighted by Crippen LogP contribution is -2.19. The normalized spacial score (nSPS) is 14.3. The Morgan fingerprint density at radius 3 is 1.30 bits per heavy atom. The minimum atomic E-state index is -0.206. The van der Waals surface area contributed by atoms with Crippen molar-refractivity contribution in [2.24, 2.45) is 0 Å². The molecular weight excluding hydrogens is 492 g/mol. The van der Waals surface area contributed by atoms with Gasteiger partial charge in [-0.15, -0.1) is 0 Å². The Balaban J connectivity index is 2.31. The first-order valence-electron chi connectivity index (χ1n) is 14.6. The van der Waals surface area contributed by atoms with E-state index in [0.29, 0.717) is 17.2 Å². The number of aryl methyl sites for hydroxylation is 3. The molecule has 3 rings (SSSR count). The Morgan fingerprint density at radius 1 is 0.525 bits per heavy atom. The van der Waals surface area contributed by atoms with Crippen LogP contribution >= 0.6 is 0 Å². The summed E-state index contributed by atoms with van der Waals surface area (Å²) in [4.78, 5) is 0. The zero-order valence-corrected chi connectivity index (χ0v) is 27.2. The van der Waals surface area contributed by atoms with Gasteiger partial charge in [0.1, 0.15) is 17.2 Å². The molecule has 0 radical (unpaired) electrons. The van der Waals surface area contributed by atoms with Gasteiger partial charge in [-0.3, -0.25) is 0 Å². The van der Waals surface area contributed by atoms with Crippen molar-refractivity contribution in [3.8, 4) is 17.2 Å². The minimum absolute atomic E-state index is 0.105. The van der Waals surface area contributed by atoms with Crippen molar-refractivity contribution in [1.29, 1.82) is 0 Å². The van der Waals surface area contributed by atoms with Gasteiger partial charge in [-0.25, -0.2) is 0 Å². The average molecular weight is 545 g/mol. The Labute approximate surface area is 243 Å². The highest BCUT2D eigenvalue weighted by Gasteiger charge is 2.30. The van der Waals surface area contributed by atoms with E-state index in [1.54, 1.807) is 0 Å². The summed E-state index contributed by atoms with van der Waals surface area (Å²) in [6, 6.07) is 12.3. The summed E-state index contributed by atoms with van der Waals surface area (Å²) in [7, 11) is 0. The summed E-state index contributed by atoms with van der Waals surface area (Å²) in [5.74, 6) is 1.26. The second-order valence-corrected chi connectivity index (χ2v) is 15.1. The molecule has 3 aromatic carbocycles. The van der Waals surface area contributed by atoms with Crippen LogP contribution in [0, 0.1) is 20.8 Å². The lowest BCUT2D eigenvalue weighted by atomic mass is 9.72. The Bertz CT molecular complexity index is 1390. The summed E-state index contributed by atoms with van der Waals surface area (Å²) in [6.45, 7) is 27.8. The Hall–Kier alpha value is -2.94. The van der Waals surface area contributed by atoms with E-state index in [4.69, 9.17) is 0 Å². The molecule has 3 aromatic rings. The number of benzene rings is 3.